The first-order valence-corrected chi connectivity index (χ1v) is 6.09. The third-order valence-corrected chi connectivity index (χ3v) is 3.11. The van der Waals surface area contributed by atoms with E-state index < -0.39 is 0 Å². The molecular weight excluding hydrogens is 188 g/mol. The van der Waals surface area contributed by atoms with E-state index >= 15 is 0 Å². The number of rotatable bonds is 5. The molecule has 0 fully saturated rings. The van der Waals surface area contributed by atoms with Crippen LogP contribution in [0.3, 0.4) is 0 Å². The quantitative estimate of drug-likeness (QED) is 0.743. The van der Waals surface area contributed by atoms with Gasteiger partial charge in [-0.2, -0.15) is 11.8 Å². The van der Waals surface area contributed by atoms with Crippen LogP contribution in [0, 0.1) is 0 Å². The van der Waals surface area contributed by atoms with E-state index in [2.05, 4.69) is 10.4 Å². The molecule has 0 aliphatic heterocycles. The van der Waals surface area contributed by atoms with Crippen molar-refractivity contribution < 1.29 is 0 Å². The van der Waals surface area contributed by atoms with Crippen LogP contribution < -0.4 is 5.73 Å². The highest BCUT2D eigenvalue weighted by Gasteiger charge is 1.97. The SMILES string of the molecule is CC(N)CCSCc1cscn1. The average Bonchev–Trinajstić information content (AvgIpc) is 2.49. The number of hydrogen-bond donors (Lipinski definition) is 1. The fourth-order valence-corrected chi connectivity index (χ4v) is 2.47. The molecule has 0 aliphatic carbocycles. The predicted molar refractivity (Wildman–Crippen MR) is 56.5 cm³/mol. The average molecular weight is 202 g/mol. The van der Waals surface area contributed by atoms with Gasteiger partial charge in [0.05, 0.1) is 11.2 Å². The standard InChI is InChI=1S/C8H14N2S2/c1-7(9)2-3-11-4-8-5-12-6-10-8/h5-7H,2-4,9H2,1H3. The molecule has 0 bridgehead atoms. The molecule has 0 radical (unpaired) electrons. The van der Waals surface area contributed by atoms with Gasteiger partial charge in [0, 0.05) is 17.2 Å². The molecule has 1 atom stereocenters. The maximum atomic E-state index is 5.62. The Bertz CT molecular complexity index is 197. The first-order valence-electron chi connectivity index (χ1n) is 3.99. The molecular formula is C8H14N2S2. The van der Waals surface area contributed by atoms with Gasteiger partial charge in [-0.05, 0) is 19.1 Å². The molecule has 2 nitrogen and oxygen atoms in total. The van der Waals surface area contributed by atoms with Gasteiger partial charge < -0.3 is 5.73 Å². The van der Waals surface area contributed by atoms with Gasteiger partial charge in [-0.25, -0.2) is 4.98 Å². The summed E-state index contributed by atoms with van der Waals surface area (Å²) in [6, 6.07) is 0.327. The number of nitrogens with two attached hydrogens (primary N) is 1. The molecule has 68 valence electrons. The Morgan fingerprint density at radius 3 is 3.17 bits per heavy atom. The van der Waals surface area contributed by atoms with E-state index in [0.29, 0.717) is 6.04 Å². The van der Waals surface area contributed by atoms with Crippen molar-refractivity contribution in [1.29, 1.82) is 0 Å². The van der Waals surface area contributed by atoms with Gasteiger partial charge in [0.1, 0.15) is 0 Å². The molecule has 1 aromatic heterocycles. The minimum atomic E-state index is 0.327. The zero-order valence-corrected chi connectivity index (χ0v) is 8.83. The summed E-state index contributed by atoms with van der Waals surface area (Å²) in [4.78, 5) is 4.20. The van der Waals surface area contributed by atoms with Crippen molar-refractivity contribution in [2.75, 3.05) is 5.75 Å². The fraction of sp³-hybridized carbons (Fsp3) is 0.625. The van der Waals surface area contributed by atoms with Gasteiger partial charge in [-0.1, -0.05) is 0 Å². The Morgan fingerprint density at radius 2 is 2.58 bits per heavy atom. The van der Waals surface area contributed by atoms with Crippen molar-refractivity contribution in [2.24, 2.45) is 5.73 Å². The number of nitrogens with zero attached hydrogens (tertiary/aromatic N) is 1. The lowest BCUT2D eigenvalue weighted by Crippen LogP contribution is -2.15. The Morgan fingerprint density at radius 1 is 1.75 bits per heavy atom. The molecule has 0 aromatic carbocycles. The van der Waals surface area contributed by atoms with Gasteiger partial charge in [-0.15, -0.1) is 11.3 Å². The molecule has 0 saturated heterocycles. The van der Waals surface area contributed by atoms with Crippen molar-refractivity contribution in [3.05, 3.63) is 16.6 Å². The monoisotopic (exact) mass is 202 g/mol. The molecule has 1 unspecified atom stereocenters. The van der Waals surface area contributed by atoms with E-state index in [1.54, 1.807) is 11.3 Å². The molecule has 0 amide bonds. The zero-order chi connectivity index (χ0) is 8.81. The van der Waals surface area contributed by atoms with Crippen molar-refractivity contribution >= 4 is 23.1 Å². The lowest BCUT2D eigenvalue weighted by atomic mass is 10.3. The Kier molecular flexibility index (Phi) is 4.65. The van der Waals surface area contributed by atoms with Crippen LogP contribution >= 0.6 is 23.1 Å². The molecule has 0 aliphatic rings. The second kappa shape index (κ2) is 5.56. The Balaban J connectivity index is 2.04. The van der Waals surface area contributed by atoms with Crippen LogP contribution in [0.15, 0.2) is 10.9 Å². The maximum Gasteiger partial charge on any atom is 0.0795 e. The third kappa shape index (κ3) is 4.09. The third-order valence-electron chi connectivity index (χ3n) is 1.45. The number of thioether (sulfide) groups is 1. The first kappa shape index (κ1) is 10.0. The number of hydrogen-bond acceptors (Lipinski definition) is 4. The highest BCUT2D eigenvalue weighted by molar-refractivity contribution is 7.98. The molecule has 0 spiro atoms. The normalized spacial score (nSPS) is 13.2. The van der Waals surface area contributed by atoms with E-state index in [1.165, 1.54) is 5.69 Å². The predicted octanol–water partition coefficient (Wildman–Crippen LogP) is 2.11. The zero-order valence-electron chi connectivity index (χ0n) is 7.19. The summed E-state index contributed by atoms with van der Waals surface area (Å²) in [5, 5.41) is 2.10. The highest BCUT2D eigenvalue weighted by Crippen LogP contribution is 2.13. The van der Waals surface area contributed by atoms with Gasteiger partial charge in [0.2, 0.25) is 0 Å². The molecule has 4 heteroatoms. The molecule has 1 rings (SSSR count). The van der Waals surface area contributed by atoms with Crippen molar-refractivity contribution in [3.8, 4) is 0 Å². The number of thiazole rings is 1. The summed E-state index contributed by atoms with van der Waals surface area (Å²) < 4.78 is 0. The van der Waals surface area contributed by atoms with Crippen LogP contribution in [-0.4, -0.2) is 16.8 Å². The lowest BCUT2D eigenvalue weighted by Gasteiger charge is -2.02. The van der Waals surface area contributed by atoms with E-state index in [4.69, 9.17) is 5.73 Å². The lowest BCUT2D eigenvalue weighted by molar-refractivity contribution is 0.721. The minimum absolute atomic E-state index is 0.327. The van der Waals surface area contributed by atoms with Crippen molar-refractivity contribution in [3.63, 3.8) is 0 Å². The summed E-state index contributed by atoms with van der Waals surface area (Å²) in [6.07, 6.45) is 1.09. The summed E-state index contributed by atoms with van der Waals surface area (Å²) in [5.41, 5.74) is 8.69. The molecule has 1 aromatic rings. The van der Waals surface area contributed by atoms with E-state index in [0.717, 1.165) is 17.9 Å². The summed E-state index contributed by atoms with van der Waals surface area (Å²) in [7, 11) is 0. The van der Waals surface area contributed by atoms with Crippen LogP contribution in [0.1, 0.15) is 19.0 Å². The van der Waals surface area contributed by atoms with Gasteiger partial charge >= 0.3 is 0 Å². The summed E-state index contributed by atoms with van der Waals surface area (Å²) in [5.74, 6) is 2.16. The fourth-order valence-electron chi connectivity index (χ4n) is 0.755. The molecule has 1 heterocycles. The Hall–Kier alpha value is -0.0600. The second-order valence-corrected chi connectivity index (χ2v) is 4.62. The molecule has 2 N–H and O–H groups in total. The second-order valence-electron chi connectivity index (χ2n) is 2.80. The van der Waals surface area contributed by atoms with E-state index in [-0.39, 0.29) is 0 Å². The highest BCUT2D eigenvalue weighted by atomic mass is 32.2. The molecule has 0 saturated carbocycles. The minimum Gasteiger partial charge on any atom is -0.328 e. The summed E-state index contributed by atoms with van der Waals surface area (Å²) in [6.45, 7) is 2.05. The van der Waals surface area contributed by atoms with Crippen molar-refractivity contribution in [2.45, 2.75) is 25.1 Å². The van der Waals surface area contributed by atoms with Crippen LogP contribution in [-0.2, 0) is 5.75 Å². The van der Waals surface area contributed by atoms with E-state index in [1.807, 2.05) is 24.2 Å². The Labute approximate surface area is 81.6 Å². The van der Waals surface area contributed by atoms with Crippen LogP contribution in [0.4, 0.5) is 0 Å². The van der Waals surface area contributed by atoms with Crippen LogP contribution in [0.5, 0.6) is 0 Å². The topological polar surface area (TPSA) is 38.9 Å². The van der Waals surface area contributed by atoms with Crippen LogP contribution in [0.25, 0.3) is 0 Å². The van der Waals surface area contributed by atoms with Gasteiger partial charge in [0.15, 0.2) is 0 Å². The summed E-state index contributed by atoms with van der Waals surface area (Å²) >= 11 is 3.56. The van der Waals surface area contributed by atoms with E-state index in [9.17, 15) is 0 Å². The van der Waals surface area contributed by atoms with Crippen molar-refractivity contribution in [1.82, 2.24) is 4.98 Å². The molecule has 12 heavy (non-hydrogen) atoms. The maximum absolute atomic E-state index is 5.62. The number of aromatic nitrogens is 1. The smallest absolute Gasteiger partial charge is 0.0795 e. The largest absolute Gasteiger partial charge is 0.328 e. The van der Waals surface area contributed by atoms with Gasteiger partial charge in [-0.3, -0.25) is 0 Å². The van der Waals surface area contributed by atoms with Crippen LogP contribution in [0.2, 0.25) is 0 Å². The van der Waals surface area contributed by atoms with Gasteiger partial charge in [0.25, 0.3) is 0 Å². The first-order chi connectivity index (χ1) is 5.79.